The fraction of sp³-hybridized carbons (Fsp3) is 0.333. The Bertz CT molecular complexity index is 998. The Hall–Kier alpha value is -2.55. The van der Waals surface area contributed by atoms with Crippen LogP contribution in [0.25, 0.3) is 11.1 Å². The van der Waals surface area contributed by atoms with Crippen LogP contribution in [0.2, 0.25) is 0 Å². The highest BCUT2D eigenvalue weighted by Crippen LogP contribution is 2.35. The Kier molecular flexibility index (Phi) is 6.26. The molecule has 0 radical (unpaired) electrons. The average molecular weight is 409 g/mol. The first-order chi connectivity index (χ1) is 14.5. The summed E-state index contributed by atoms with van der Waals surface area (Å²) in [6, 6.07) is 17.1. The summed E-state index contributed by atoms with van der Waals surface area (Å²) in [5.74, 6) is -3.23. The van der Waals surface area contributed by atoms with Crippen LogP contribution in [-0.2, 0) is 19.3 Å². The Morgan fingerprint density at radius 1 is 0.800 bits per heavy atom. The van der Waals surface area contributed by atoms with Gasteiger partial charge in [0.15, 0.2) is 17.5 Å². The van der Waals surface area contributed by atoms with Crippen LogP contribution < -0.4 is 0 Å². The largest absolute Gasteiger partial charge is 0.204 e. The van der Waals surface area contributed by atoms with Crippen LogP contribution in [0.5, 0.6) is 0 Å². The summed E-state index contributed by atoms with van der Waals surface area (Å²) in [6.07, 6.45) is 7.87. The molecule has 1 aliphatic carbocycles. The summed E-state index contributed by atoms with van der Waals surface area (Å²) in [7, 11) is 0. The minimum absolute atomic E-state index is 0.370. The van der Waals surface area contributed by atoms with Gasteiger partial charge in [0, 0.05) is 0 Å². The number of aryl methyl sites for hydroxylation is 2. The van der Waals surface area contributed by atoms with Crippen molar-refractivity contribution in [2.75, 3.05) is 0 Å². The third kappa shape index (κ3) is 4.45. The average Bonchev–Trinajstić information content (AvgIpc) is 2.77. The molecule has 3 aromatic carbocycles. The highest BCUT2D eigenvalue weighted by atomic mass is 19.2. The molecular weight excluding hydrogens is 381 g/mol. The molecule has 1 unspecified atom stereocenters. The molecule has 0 aliphatic heterocycles. The summed E-state index contributed by atoms with van der Waals surface area (Å²) in [4.78, 5) is 0. The van der Waals surface area contributed by atoms with Gasteiger partial charge in [-0.15, -0.1) is 0 Å². The van der Waals surface area contributed by atoms with Gasteiger partial charge in [-0.05, 0) is 83.5 Å². The lowest BCUT2D eigenvalue weighted by molar-refractivity contribution is 0.447. The van der Waals surface area contributed by atoms with E-state index in [0.29, 0.717) is 11.5 Å². The lowest BCUT2D eigenvalue weighted by Gasteiger charge is -2.26. The van der Waals surface area contributed by atoms with Gasteiger partial charge in [0.1, 0.15) is 0 Å². The number of halogens is 3. The first kappa shape index (κ1) is 20.7. The van der Waals surface area contributed by atoms with Crippen LogP contribution in [-0.4, -0.2) is 0 Å². The van der Waals surface area contributed by atoms with Gasteiger partial charge >= 0.3 is 0 Å². The van der Waals surface area contributed by atoms with Crippen molar-refractivity contribution >= 4 is 0 Å². The zero-order valence-corrected chi connectivity index (χ0v) is 17.4. The number of benzene rings is 3. The maximum Gasteiger partial charge on any atom is 0.194 e. The molecule has 4 rings (SSSR count). The van der Waals surface area contributed by atoms with Gasteiger partial charge < -0.3 is 0 Å². The van der Waals surface area contributed by atoms with Crippen molar-refractivity contribution < 1.29 is 13.2 Å². The Labute approximate surface area is 176 Å². The van der Waals surface area contributed by atoms with E-state index in [1.807, 2.05) is 12.1 Å². The fourth-order valence-electron chi connectivity index (χ4n) is 4.48. The maximum atomic E-state index is 13.6. The molecule has 30 heavy (non-hydrogen) atoms. The molecule has 0 amide bonds. The minimum atomic E-state index is -1.42. The summed E-state index contributed by atoms with van der Waals surface area (Å²) >= 11 is 0. The highest BCUT2D eigenvalue weighted by Gasteiger charge is 2.21. The van der Waals surface area contributed by atoms with E-state index in [-0.39, 0.29) is 0 Å². The van der Waals surface area contributed by atoms with Crippen molar-refractivity contribution in [1.82, 2.24) is 0 Å². The summed E-state index contributed by atoms with van der Waals surface area (Å²) < 4.78 is 40.5. The second-order valence-corrected chi connectivity index (χ2v) is 8.38. The monoisotopic (exact) mass is 408 g/mol. The van der Waals surface area contributed by atoms with E-state index in [9.17, 15) is 13.2 Å². The van der Waals surface area contributed by atoms with Crippen LogP contribution in [0, 0.1) is 17.5 Å². The number of hydrogen-bond acceptors (Lipinski definition) is 0. The fourth-order valence-corrected chi connectivity index (χ4v) is 4.48. The van der Waals surface area contributed by atoms with E-state index >= 15 is 0 Å². The molecule has 0 N–H and O–H groups in total. The predicted molar refractivity (Wildman–Crippen MR) is 116 cm³/mol. The molecule has 1 aliphatic rings. The van der Waals surface area contributed by atoms with Gasteiger partial charge in [0.2, 0.25) is 0 Å². The van der Waals surface area contributed by atoms with Gasteiger partial charge in [-0.2, -0.15) is 0 Å². The van der Waals surface area contributed by atoms with Crippen LogP contribution in [0.15, 0.2) is 54.6 Å². The van der Waals surface area contributed by atoms with Crippen molar-refractivity contribution in [3.63, 3.8) is 0 Å². The maximum absolute atomic E-state index is 13.6. The SMILES string of the molecule is CCCCCc1ccc(C2CCc3cc(-c4cc(F)c(F)c(F)c4)ccc3C2)cc1. The zero-order chi connectivity index (χ0) is 21.1. The highest BCUT2D eigenvalue weighted by molar-refractivity contribution is 5.65. The number of unbranched alkanes of at least 4 members (excludes halogenated alkanes) is 2. The molecule has 0 saturated carbocycles. The number of hydrogen-bond donors (Lipinski definition) is 0. The molecule has 0 bridgehead atoms. The summed E-state index contributed by atoms with van der Waals surface area (Å²) in [5, 5.41) is 0. The van der Waals surface area contributed by atoms with E-state index in [1.165, 1.54) is 41.5 Å². The van der Waals surface area contributed by atoms with Gasteiger partial charge in [-0.3, -0.25) is 0 Å². The zero-order valence-electron chi connectivity index (χ0n) is 17.4. The van der Waals surface area contributed by atoms with Crippen LogP contribution in [0.1, 0.15) is 60.8 Å². The number of rotatable bonds is 6. The minimum Gasteiger partial charge on any atom is -0.204 e. The molecule has 3 aromatic rings. The van der Waals surface area contributed by atoms with Crippen molar-refractivity contribution in [3.8, 4) is 11.1 Å². The molecule has 0 spiro atoms. The van der Waals surface area contributed by atoms with Crippen LogP contribution >= 0.6 is 0 Å². The van der Waals surface area contributed by atoms with Crippen LogP contribution in [0.3, 0.4) is 0 Å². The van der Waals surface area contributed by atoms with Crippen molar-refractivity contribution in [2.24, 2.45) is 0 Å². The lowest BCUT2D eigenvalue weighted by Crippen LogP contribution is -2.13. The van der Waals surface area contributed by atoms with Crippen molar-refractivity contribution in [1.29, 1.82) is 0 Å². The lowest BCUT2D eigenvalue weighted by atomic mass is 9.79. The number of fused-ring (bicyclic) bond motifs is 1. The van der Waals surface area contributed by atoms with Crippen molar-refractivity contribution in [2.45, 2.75) is 57.8 Å². The molecule has 0 aromatic heterocycles. The summed E-state index contributed by atoms with van der Waals surface area (Å²) in [6.45, 7) is 2.23. The topological polar surface area (TPSA) is 0 Å². The molecule has 0 saturated heterocycles. The van der Waals surface area contributed by atoms with E-state index in [2.05, 4.69) is 37.3 Å². The molecule has 156 valence electrons. The van der Waals surface area contributed by atoms with Gasteiger partial charge in [0.05, 0.1) is 0 Å². The first-order valence-corrected chi connectivity index (χ1v) is 10.9. The molecule has 0 nitrogen and oxygen atoms in total. The van der Waals surface area contributed by atoms with Crippen molar-refractivity contribution in [3.05, 3.63) is 94.3 Å². The Morgan fingerprint density at radius 2 is 1.53 bits per heavy atom. The van der Waals surface area contributed by atoms with E-state index < -0.39 is 17.5 Å². The third-order valence-corrected chi connectivity index (χ3v) is 6.27. The third-order valence-electron chi connectivity index (χ3n) is 6.27. The molecule has 3 heteroatoms. The molecule has 0 fully saturated rings. The second-order valence-electron chi connectivity index (χ2n) is 8.38. The van der Waals surface area contributed by atoms with Gasteiger partial charge in [0.25, 0.3) is 0 Å². The summed E-state index contributed by atoms with van der Waals surface area (Å²) in [5.41, 5.74) is 6.38. The first-order valence-electron chi connectivity index (χ1n) is 10.9. The van der Waals surface area contributed by atoms with E-state index in [0.717, 1.165) is 43.4 Å². The quantitative estimate of drug-likeness (QED) is 0.289. The van der Waals surface area contributed by atoms with Crippen LogP contribution in [0.4, 0.5) is 13.2 Å². The molecular formula is C27H27F3. The molecule has 1 atom stereocenters. The Balaban J connectivity index is 1.49. The van der Waals surface area contributed by atoms with E-state index in [4.69, 9.17) is 0 Å². The van der Waals surface area contributed by atoms with Gasteiger partial charge in [-0.25, -0.2) is 13.2 Å². The normalized spacial score (nSPS) is 15.8. The Morgan fingerprint density at radius 3 is 2.23 bits per heavy atom. The second kappa shape index (κ2) is 9.07. The smallest absolute Gasteiger partial charge is 0.194 e. The van der Waals surface area contributed by atoms with Gasteiger partial charge in [-0.1, -0.05) is 62.2 Å². The predicted octanol–water partition coefficient (Wildman–Crippen LogP) is 7.78. The standard InChI is InChI=1S/C27H27F3/c1-2-3-4-5-18-6-8-19(9-7-18)20-10-11-22-15-23(13-12-21(22)14-20)24-16-25(28)27(30)26(29)17-24/h6-9,12-13,15-17,20H,2-5,10-11,14H2,1H3. The van der Waals surface area contributed by atoms with E-state index in [1.54, 1.807) is 0 Å². The molecule has 0 heterocycles.